The highest BCUT2D eigenvalue weighted by Crippen LogP contribution is 2.42. The van der Waals surface area contributed by atoms with Crippen LogP contribution < -0.4 is 9.05 Å². The summed E-state index contributed by atoms with van der Waals surface area (Å²) in [4.78, 5) is 10.4. The summed E-state index contributed by atoms with van der Waals surface area (Å²) in [6.45, 7) is 8.73. The predicted octanol–water partition coefficient (Wildman–Crippen LogP) is 6.81. The quantitative estimate of drug-likeness (QED) is 0.467. The lowest BCUT2D eigenvalue weighted by atomic mass is 9.83. The minimum absolute atomic E-state index is 0.0220. The molecule has 0 amide bonds. The van der Waals surface area contributed by atoms with E-state index in [4.69, 9.17) is 9.05 Å². The van der Waals surface area contributed by atoms with Crippen molar-refractivity contribution in [3.63, 3.8) is 0 Å². The van der Waals surface area contributed by atoms with Gasteiger partial charge in [0.25, 0.3) is 0 Å². The van der Waals surface area contributed by atoms with Crippen molar-refractivity contribution in [2.45, 2.75) is 39.0 Å². The molecule has 0 saturated heterocycles. The minimum Gasteiger partial charge on any atom is -0.418 e. The van der Waals surface area contributed by atoms with Gasteiger partial charge in [0.15, 0.2) is 0 Å². The SMILES string of the molecule is CC(c1ccccc1)c1cc(C(C)(C)C)ccc1OP(O)Oc1ccccc1. The van der Waals surface area contributed by atoms with Crippen LogP contribution in [0.25, 0.3) is 0 Å². The second-order valence-corrected chi connectivity index (χ2v) is 8.71. The predicted molar refractivity (Wildman–Crippen MR) is 116 cm³/mol. The van der Waals surface area contributed by atoms with Gasteiger partial charge in [-0.05, 0) is 34.7 Å². The molecule has 3 aromatic carbocycles. The summed E-state index contributed by atoms with van der Waals surface area (Å²) in [6.07, 6.45) is 0. The van der Waals surface area contributed by atoms with Gasteiger partial charge in [-0.1, -0.05) is 88.4 Å². The van der Waals surface area contributed by atoms with Crippen molar-refractivity contribution in [1.29, 1.82) is 0 Å². The van der Waals surface area contributed by atoms with Crippen LogP contribution in [0.3, 0.4) is 0 Å². The summed E-state index contributed by atoms with van der Waals surface area (Å²) in [5.41, 5.74) is 3.49. The smallest absolute Gasteiger partial charge is 0.418 e. The third kappa shape index (κ3) is 5.13. The highest BCUT2D eigenvalue weighted by atomic mass is 31.2. The summed E-state index contributed by atoms with van der Waals surface area (Å²) in [5.74, 6) is 1.35. The van der Waals surface area contributed by atoms with Crippen molar-refractivity contribution in [3.8, 4) is 11.5 Å². The van der Waals surface area contributed by atoms with Gasteiger partial charge in [0.2, 0.25) is 0 Å². The third-order valence-corrected chi connectivity index (χ3v) is 5.46. The van der Waals surface area contributed by atoms with E-state index in [1.807, 2.05) is 42.5 Å². The first-order chi connectivity index (χ1) is 13.3. The van der Waals surface area contributed by atoms with E-state index < -0.39 is 8.60 Å². The van der Waals surface area contributed by atoms with Crippen LogP contribution in [0, 0.1) is 0 Å². The fourth-order valence-corrected chi connectivity index (χ4v) is 3.71. The lowest BCUT2D eigenvalue weighted by Crippen LogP contribution is -2.12. The van der Waals surface area contributed by atoms with Crippen LogP contribution in [0.2, 0.25) is 0 Å². The Hall–Kier alpha value is -2.35. The van der Waals surface area contributed by atoms with E-state index in [0.717, 1.165) is 5.56 Å². The van der Waals surface area contributed by atoms with E-state index >= 15 is 0 Å². The van der Waals surface area contributed by atoms with Gasteiger partial charge in [0, 0.05) is 11.5 Å². The Kier molecular flexibility index (Phi) is 6.39. The molecule has 0 aliphatic carbocycles. The van der Waals surface area contributed by atoms with Crippen molar-refractivity contribution >= 4 is 8.60 Å². The van der Waals surface area contributed by atoms with Gasteiger partial charge in [-0.15, -0.1) is 0 Å². The van der Waals surface area contributed by atoms with Crippen LogP contribution in [0.15, 0.2) is 78.9 Å². The van der Waals surface area contributed by atoms with E-state index in [1.54, 1.807) is 12.1 Å². The molecule has 0 heterocycles. The number of rotatable bonds is 6. The maximum Gasteiger partial charge on any atom is 0.460 e. The number of hydrogen-bond acceptors (Lipinski definition) is 3. The van der Waals surface area contributed by atoms with Crippen LogP contribution in [0.4, 0.5) is 0 Å². The van der Waals surface area contributed by atoms with E-state index in [9.17, 15) is 4.89 Å². The molecule has 0 saturated carbocycles. The lowest BCUT2D eigenvalue weighted by molar-refractivity contribution is 0.379. The molecule has 3 rings (SSSR count). The molecule has 0 bridgehead atoms. The summed E-state index contributed by atoms with van der Waals surface area (Å²) in [7, 11) is -2.08. The van der Waals surface area contributed by atoms with Crippen LogP contribution in [-0.2, 0) is 5.41 Å². The van der Waals surface area contributed by atoms with Gasteiger partial charge in [-0.2, -0.15) is 0 Å². The third-order valence-electron chi connectivity index (χ3n) is 4.75. The molecule has 0 aromatic heterocycles. The van der Waals surface area contributed by atoms with Gasteiger partial charge in [-0.25, -0.2) is 0 Å². The summed E-state index contributed by atoms with van der Waals surface area (Å²) in [5, 5.41) is 0. The zero-order valence-corrected chi connectivity index (χ0v) is 17.7. The Morgan fingerprint density at radius 3 is 2.04 bits per heavy atom. The molecule has 3 aromatic rings. The van der Waals surface area contributed by atoms with Gasteiger partial charge in [-0.3, -0.25) is 0 Å². The Balaban J connectivity index is 1.91. The van der Waals surface area contributed by atoms with Crippen LogP contribution in [0.5, 0.6) is 11.5 Å². The highest BCUT2D eigenvalue weighted by Gasteiger charge is 2.22. The van der Waals surface area contributed by atoms with Gasteiger partial charge < -0.3 is 13.9 Å². The van der Waals surface area contributed by atoms with E-state index in [1.165, 1.54) is 11.1 Å². The fourth-order valence-electron chi connectivity index (χ4n) is 3.03. The number of benzene rings is 3. The molecular formula is C24H27O3P. The monoisotopic (exact) mass is 394 g/mol. The van der Waals surface area contributed by atoms with E-state index in [2.05, 4.69) is 52.0 Å². The molecule has 0 aliphatic rings. The maximum atomic E-state index is 10.4. The molecule has 0 spiro atoms. The topological polar surface area (TPSA) is 38.7 Å². The average molecular weight is 394 g/mol. The standard InChI is InChI=1S/C24H27O3P/c1-18(19-11-7-5-8-12-19)22-17-20(24(2,3)4)15-16-23(22)27-28(25)26-21-13-9-6-10-14-21/h5-18,25H,1-4H3. The second kappa shape index (κ2) is 8.77. The van der Waals surface area contributed by atoms with Gasteiger partial charge >= 0.3 is 8.60 Å². The Morgan fingerprint density at radius 1 is 0.821 bits per heavy atom. The largest absolute Gasteiger partial charge is 0.460 e. The van der Waals surface area contributed by atoms with Crippen molar-refractivity contribution < 1.29 is 13.9 Å². The zero-order valence-electron chi connectivity index (χ0n) is 16.8. The van der Waals surface area contributed by atoms with E-state index in [-0.39, 0.29) is 11.3 Å². The zero-order chi connectivity index (χ0) is 20.1. The summed E-state index contributed by atoms with van der Waals surface area (Å²) in [6, 6.07) is 25.7. The lowest BCUT2D eigenvalue weighted by Gasteiger charge is -2.24. The molecule has 3 nitrogen and oxygen atoms in total. The van der Waals surface area contributed by atoms with Crippen molar-refractivity contribution in [3.05, 3.63) is 95.6 Å². The molecule has 2 atom stereocenters. The molecule has 1 N–H and O–H groups in total. The fraction of sp³-hybridized carbons (Fsp3) is 0.250. The average Bonchev–Trinajstić information content (AvgIpc) is 2.68. The molecule has 4 heteroatoms. The number of hydrogen-bond donors (Lipinski definition) is 1. The van der Waals surface area contributed by atoms with Crippen molar-refractivity contribution in [2.75, 3.05) is 0 Å². The summed E-state index contributed by atoms with van der Waals surface area (Å²) >= 11 is 0. The first-order valence-electron chi connectivity index (χ1n) is 9.44. The van der Waals surface area contributed by atoms with Crippen LogP contribution >= 0.6 is 8.60 Å². The second-order valence-electron chi connectivity index (χ2n) is 7.87. The van der Waals surface area contributed by atoms with Crippen LogP contribution in [0.1, 0.15) is 50.3 Å². The molecular weight excluding hydrogens is 367 g/mol. The first kappa shape index (κ1) is 20.4. The van der Waals surface area contributed by atoms with E-state index in [0.29, 0.717) is 11.5 Å². The highest BCUT2D eigenvalue weighted by molar-refractivity contribution is 7.41. The molecule has 2 unspecified atom stereocenters. The Bertz CT molecular complexity index is 889. The molecule has 146 valence electrons. The number of para-hydroxylation sites is 1. The maximum absolute atomic E-state index is 10.4. The molecule has 0 radical (unpaired) electrons. The Labute approximate surface area is 169 Å². The Morgan fingerprint density at radius 2 is 1.43 bits per heavy atom. The van der Waals surface area contributed by atoms with Gasteiger partial charge in [0.05, 0.1) is 0 Å². The minimum atomic E-state index is -2.08. The molecule has 0 fully saturated rings. The molecule has 0 aliphatic heterocycles. The van der Waals surface area contributed by atoms with Crippen molar-refractivity contribution in [2.24, 2.45) is 0 Å². The normalized spacial score (nSPS) is 13.6. The summed E-state index contributed by atoms with van der Waals surface area (Å²) < 4.78 is 11.4. The first-order valence-corrected chi connectivity index (χ1v) is 10.6. The van der Waals surface area contributed by atoms with Crippen molar-refractivity contribution in [1.82, 2.24) is 0 Å². The molecule has 28 heavy (non-hydrogen) atoms. The van der Waals surface area contributed by atoms with Crippen LogP contribution in [-0.4, -0.2) is 4.89 Å². The van der Waals surface area contributed by atoms with Gasteiger partial charge in [0.1, 0.15) is 11.5 Å².